The molecule has 0 radical (unpaired) electrons. The van der Waals surface area contributed by atoms with E-state index in [0.29, 0.717) is 6.61 Å². The van der Waals surface area contributed by atoms with Gasteiger partial charge in [-0.15, -0.1) is 0 Å². The molecule has 7 nitrogen and oxygen atoms in total. The van der Waals surface area contributed by atoms with Gasteiger partial charge in [0.15, 0.2) is 12.0 Å². The minimum Gasteiger partial charge on any atom is -0.462 e. The third-order valence-electron chi connectivity index (χ3n) is 4.73. The number of hydrogen-bond acceptors (Lipinski definition) is 6. The lowest BCUT2D eigenvalue weighted by Gasteiger charge is -2.22. The summed E-state index contributed by atoms with van der Waals surface area (Å²) >= 11 is 0. The lowest BCUT2D eigenvalue weighted by Crippen LogP contribution is -2.42. The molecule has 1 aliphatic heterocycles. The van der Waals surface area contributed by atoms with Crippen LogP contribution in [0.4, 0.5) is 0 Å². The van der Waals surface area contributed by atoms with Gasteiger partial charge in [0.2, 0.25) is 0 Å². The van der Waals surface area contributed by atoms with Crippen molar-refractivity contribution in [3.63, 3.8) is 0 Å². The molecule has 1 atom stereocenters. The van der Waals surface area contributed by atoms with Crippen LogP contribution in [0.2, 0.25) is 25.7 Å². The summed E-state index contributed by atoms with van der Waals surface area (Å²) in [5.41, 5.74) is -0.677. The number of aromatic nitrogens is 1. The highest BCUT2D eigenvalue weighted by atomic mass is 28.3. The summed E-state index contributed by atoms with van der Waals surface area (Å²) in [6, 6.07) is 4.05. The topological polar surface area (TPSA) is 95.7 Å². The Labute approximate surface area is 161 Å². The van der Waals surface area contributed by atoms with Gasteiger partial charge >= 0.3 is 5.97 Å². The van der Waals surface area contributed by atoms with Gasteiger partial charge < -0.3 is 4.74 Å². The summed E-state index contributed by atoms with van der Waals surface area (Å²) in [5, 5.41) is 9.48. The van der Waals surface area contributed by atoms with Crippen LogP contribution in [0.3, 0.4) is 0 Å². The summed E-state index contributed by atoms with van der Waals surface area (Å²) in [4.78, 5) is 34.9. The van der Waals surface area contributed by atoms with Crippen LogP contribution in [0, 0.1) is 17.4 Å². The average molecular weight is 387 g/mol. The first-order valence-electron chi connectivity index (χ1n) is 8.98. The number of amidine groups is 1. The lowest BCUT2D eigenvalue weighted by molar-refractivity contribution is -0.129. The minimum atomic E-state index is -1.33. The van der Waals surface area contributed by atoms with Gasteiger partial charge in [-0.05, 0) is 31.0 Å². The molecule has 144 valence electrons. The summed E-state index contributed by atoms with van der Waals surface area (Å²) in [6.45, 7) is 12.4. The quantitative estimate of drug-likeness (QED) is 0.425. The fourth-order valence-corrected chi connectivity index (χ4v) is 3.26. The van der Waals surface area contributed by atoms with E-state index in [1.165, 1.54) is 6.20 Å². The minimum absolute atomic E-state index is 0.0939. The van der Waals surface area contributed by atoms with E-state index in [2.05, 4.69) is 29.6 Å². The van der Waals surface area contributed by atoms with E-state index >= 15 is 0 Å². The zero-order valence-electron chi connectivity index (χ0n) is 16.7. The van der Waals surface area contributed by atoms with Crippen molar-refractivity contribution in [3.8, 4) is 6.19 Å². The van der Waals surface area contributed by atoms with E-state index in [1.807, 2.05) is 20.0 Å². The van der Waals surface area contributed by atoms with Gasteiger partial charge in [0.05, 0.1) is 12.2 Å². The highest BCUT2D eigenvalue weighted by Crippen LogP contribution is 2.32. The first-order chi connectivity index (χ1) is 12.5. The number of aliphatic imine (C=N–C) groups is 1. The van der Waals surface area contributed by atoms with Crippen molar-refractivity contribution in [2.45, 2.75) is 52.0 Å². The number of ether oxygens (including phenoxy) is 1. The van der Waals surface area contributed by atoms with Gasteiger partial charge in [0, 0.05) is 14.3 Å². The Morgan fingerprint density at radius 2 is 2.07 bits per heavy atom. The fraction of sp³-hybridized carbons (Fsp3) is 0.526. The average Bonchev–Trinajstić information content (AvgIpc) is 2.86. The zero-order chi connectivity index (χ0) is 20.4. The molecule has 2 rings (SSSR count). The Morgan fingerprint density at radius 1 is 1.41 bits per heavy atom. The lowest BCUT2D eigenvalue weighted by atomic mass is 9.89. The van der Waals surface area contributed by atoms with Crippen LogP contribution < -0.4 is 0 Å². The maximum absolute atomic E-state index is 12.7. The largest absolute Gasteiger partial charge is 0.462 e. The normalized spacial score (nSPS) is 19.9. The molecule has 0 bridgehead atoms. The van der Waals surface area contributed by atoms with E-state index in [9.17, 15) is 14.9 Å². The van der Waals surface area contributed by atoms with Crippen molar-refractivity contribution >= 4 is 25.8 Å². The molecule has 0 aromatic carbocycles. The number of esters is 1. The molecule has 27 heavy (non-hydrogen) atoms. The SMILES string of the molecule is CC(C)C1(C)N=C(c2ncccc2C(=O)OCC[Si](C)(C)C)N(C#N)C1=O. The summed E-state index contributed by atoms with van der Waals surface area (Å²) in [5.74, 6) is -0.966. The number of rotatable bonds is 6. The van der Waals surface area contributed by atoms with Crippen molar-refractivity contribution in [2.75, 3.05) is 6.61 Å². The van der Waals surface area contributed by atoms with Crippen molar-refractivity contribution in [1.29, 1.82) is 5.26 Å². The van der Waals surface area contributed by atoms with Gasteiger partial charge in [-0.25, -0.2) is 9.79 Å². The second-order valence-electron chi connectivity index (χ2n) is 8.32. The number of nitriles is 1. The molecule has 0 aliphatic carbocycles. The number of pyridine rings is 1. The molecular formula is C19H26N4O3Si. The van der Waals surface area contributed by atoms with E-state index in [0.717, 1.165) is 10.9 Å². The smallest absolute Gasteiger partial charge is 0.340 e. The zero-order valence-corrected chi connectivity index (χ0v) is 17.7. The summed E-state index contributed by atoms with van der Waals surface area (Å²) in [6.07, 6.45) is 3.37. The van der Waals surface area contributed by atoms with Crippen LogP contribution >= 0.6 is 0 Å². The van der Waals surface area contributed by atoms with Crippen LogP contribution in [0.25, 0.3) is 0 Å². The van der Waals surface area contributed by atoms with Gasteiger partial charge in [-0.3, -0.25) is 9.78 Å². The maximum atomic E-state index is 12.7. The molecule has 2 heterocycles. The molecule has 0 N–H and O–H groups in total. The molecule has 0 spiro atoms. The van der Waals surface area contributed by atoms with Crippen LogP contribution in [-0.2, 0) is 9.53 Å². The fourth-order valence-electron chi connectivity index (χ4n) is 2.54. The highest BCUT2D eigenvalue weighted by molar-refractivity contribution is 6.76. The van der Waals surface area contributed by atoms with Crippen molar-refractivity contribution in [3.05, 3.63) is 29.6 Å². The Kier molecular flexibility index (Phi) is 5.85. The van der Waals surface area contributed by atoms with E-state index in [-0.39, 0.29) is 23.0 Å². The third kappa shape index (κ3) is 4.25. The molecule has 1 aromatic heterocycles. The summed E-state index contributed by atoms with van der Waals surface area (Å²) < 4.78 is 5.41. The van der Waals surface area contributed by atoms with Crippen LogP contribution in [0.5, 0.6) is 0 Å². The predicted octanol–water partition coefficient (Wildman–Crippen LogP) is 3.06. The van der Waals surface area contributed by atoms with Crippen molar-refractivity contribution < 1.29 is 14.3 Å². The highest BCUT2D eigenvalue weighted by Gasteiger charge is 2.48. The van der Waals surface area contributed by atoms with Gasteiger partial charge in [0.25, 0.3) is 5.91 Å². The predicted molar refractivity (Wildman–Crippen MR) is 105 cm³/mol. The monoisotopic (exact) mass is 386 g/mol. The van der Waals surface area contributed by atoms with E-state index < -0.39 is 25.5 Å². The van der Waals surface area contributed by atoms with Crippen LogP contribution in [0.1, 0.15) is 36.8 Å². The maximum Gasteiger partial charge on any atom is 0.340 e. The van der Waals surface area contributed by atoms with Crippen LogP contribution in [-0.4, -0.2) is 47.8 Å². The number of carbonyl (C=O) groups is 2. The second kappa shape index (κ2) is 7.60. The molecule has 0 saturated heterocycles. The molecule has 8 heteroatoms. The van der Waals surface area contributed by atoms with Crippen LogP contribution in [0.15, 0.2) is 23.3 Å². The van der Waals surface area contributed by atoms with E-state index in [1.54, 1.807) is 19.1 Å². The molecular weight excluding hydrogens is 360 g/mol. The number of amides is 1. The molecule has 1 unspecified atom stereocenters. The van der Waals surface area contributed by atoms with E-state index in [4.69, 9.17) is 4.74 Å². The van der Waals surface area contributed by atoms with Gasteiger partial charge in [-0.2, -0.15) is 10.2 Å². The molecule has 0 fully saturated rings. The molecule has 1 amide bonds. The Bertz CT molecular complexity index is 823. The molecule has 1 aromatic rings. The number of nitrogens with zero attached hydrogens (tertiary/aromatic N) is 4. The number of hydrogen-bond donors (Lipinski definition) is 0. The third-order valence-corrected chi connectivity index (χ3v) is 6.44. The van der Waals surface area contributed by atoms with Crippen molar-refractivity contribution in [2.24, 2.45) is 10.9 Å². The Hall–Kier alpha value is -2.53. The van der Waals surface area contributed by atoms with Gasteiger partial charge in [-0.1, -0.05) is 33.5 Å². The first-order valence-corrected chi connectivity index (χ1v) is 12.7. The standard InChI is InChI=1S/C19H26N4O3Si/c1-13(2)19(3)18(25)23(12-20)16(22-19)15-14(8-7-9-21-15)17(24)26-10-11-27(4,5)6/h7-9,13H,10-11H2,1-6H3. The molecule has 0 saturated carbocycles. The summed E-state index contributed by atoms with van der Waals surface area (Å²) in [7, 11) is -1.33. The second-order valence-corrected chi connectivity index (χ2v) is 13.9. The van der Waals surface area contributed by atoms with Crippen molar-refractivity contribution in [1.82, 2.24) is 9.88 Å². The van der Waals surface area contributed by atoms with Gasteiger partial charge in [0.1, 0.15) is 11.2 Å². The number of carbonyl (C=O) groups excluding carboxylic acids is 2. The Morgan fingerprint density at radius 3 is 2.63 bits per heavy atom. The first kappa shape index (κ1) is 20.8. The Balaban J connectivity index is 2.38. The molecule has 1 aliphatic rings.